The molecule has 3 saturated carbocycles. The second-order valence-electron chi connectivity index (χ2n) is 15.0. The van der Waals surface area contributed by atoms with Gasteiger partial charge in [-0.2, -0.15) is 0 Å². The Morgan fingerprint density at radius 1 is 1.07 bits per heavy atom. The Kier molecular flexibility index (Phi) is 9.62. The van der Waals surface area contributed by atoms with E-state index in [0.717, 1.165) is 49.4 Å². The number of carbonyl (C=O) groups is 1. The van der Waals surface area contributed by atoms with Crippen LogP contribution in [0, 0.1) is 46.3 Å². The monoisotopic (exact) mass is 576 g/mol. The molecule has 4 fully saturated rings. The van der Waals surface area contributed by atoms with E-state index in [1.807, 2.05) is 0 Å². The number of esters is 1. The summed E-state index contributed by atoms with van der Waals surface area (Å²) in [7, 11) is 0. The van der Waals surface area contributed by atoms with Gasteiger partial charge in [-0.15, -0.1) is 0 Å². The number of rotatable bonds is 9. The molecule has 5 aliphatic rings. The smallest absolute Gasteiger partial charge is 0.303 e. The number of hydrogen-bond donors (Lipinski definition) is 3. The highest BCUT2D eigenvalue weighted by Gasteiger charge is 2.60. The minimum absolute atomic E-state index is 0.0142. The lowest BCUT2D eigenvalue weighted by Gasteiger charge is -2.59. The molecular weight excluding hydrogens is 520 g/mol. The lowest BCUT2D eigenvalue weighted by atomic mass is 9.46. The molecule has 5 rings (SSSR count). The lowest BCUT2D eigenvalue weighted by Crippen LogP contribution is -2.56. The molecule has 234 valence electrons. The molecule has 7 unspecified atom stereocenters. The topological polar surface area (TPSA) is 105 Å². The molecule has 0 aromatic carbocycles. The van der Waals surface area contributed by atoms with Gasteiger partial charge in [-0.05, 0) is 92.3 Å². The van der Waals surface area contributed by atoms with Crippen molar-refractivity contribution in [1.29, 1.82) is 0 Å². The molecule has 4 aliphatic carbocycles. The summed E-state index contributed by atoms with van der Waals surface area (Å²) in [5.41, 5.74) is 1.57. The summed E-state index contributed by atoms with van der Waals surface area (Å²) in [6.07, 6.45) is 10.6. The number of hydrogen-bond acceptors (Lipinski definition) is 7. The van der Waals surface area contributed by atoms with Crippen LogP contribution in [0.5, 0.6) is 0 Å². The number of fused-ring (bicyclic) bond motifs is 5. The summed E-state index contributed by atoms with van der Waals surface area (Å²) in [6.45, 7) is 11.2. The van der Waals surface area contributed by atoms with Gasteiger partial charge >= 0.3 is 5.97 Å². The minimum Gasteiger partial charge on any atom is -0.457 e. The lowest BCUT2D eigenvalue weighted by molar-refractivity contribution is -0.287. The number of ether oxygens (including phenoxy) is 3. The van der Waals surface area contributed by atoms with Gasteiger partial charge < -0.3 is 29.5 Å². The van der Waals surface area contributed by atoms with Crippen LogP contribution < -0.4 is 0 Å². The van der Waals surface area contributed by atoms with Gasteiger partial charge in [0, 0.05) is 12.3 Å². The Balaban J connectivity index is 1.24. The SMILES string of the molecule is CC(=O)O[C@@H]1CO[C@@H](O[C@H]2CC[C@@]3(CO)C(=CCC4C3CC[C@]3(C)C(C(C)CCCC(C)C)CCC43)C2)C(O)C1O. The molecule has 0 aromatic heterocycles. The van der Waals surface area contributed by atoms with Gasteiger partial charge in [0.25, 0.3) is 0 Å². The zero-order valence-electron chi connectivity index (χ0n) is 26.1. The summed E-state index contributed by atoms with van der Waals surface area (Å²) in [5, 5.41) is 32.1. The normalized spacial score (nSPS) is 44.9. The quantitative estimate of drug-likeness (QED) is 0.249. The fraction of sp³-hybridized carbons (Fsp3) is 0.912. The van der Waals surface area contributed by atoms with Crippen LogP contribution in [0.2, 0.25) is 0 Å². The number of allylic oxidation sites excluding steroid dienone is 1. The van der Waals surface area contributed by atoms with Gasteiger partial charge in [0.1, 0.15) is 12.2 Å². The van der Waals surface area contributed by atoms with Crippen LogP contribution in [-0.4, -0.2) is 65.2 Å². The van der Waals surface area contributed by atoms with Crippen molar-refractivity contribution in [2.75, 3.05) is 13.2 Å². The van der Waals surface area contributed by atoms with Crippen LogP contribution in [0.25, 0.3) is 0 Å². The zero-order chi connectivity index (χ0) is 29.5. The summed E-state index contributed by atoms with van der Waals surface area (Å²) in [6, 6.07) is 0. The van der Waals surface area contributed by atoms with Gasteiger partial charge in [0.15, 0.2) is 12.4 Å². The van der Waals surface area contributed by atoms with Crippen molar-refractivity contribution < 1.29 is 34.3 Å². The van der Waals surface area contributed by atoms with Crippen molar-refractivity contribution in [1.82, 2.24) is 0 Å². The van der Waals surface area contributed by atoms with Crippen LogP contribution in [0.4, 0.5) is 0 Å². The van der Waals surface area contributed by atoms with E-state index in [9.17, 15) is 20.1 Å². The van der Waals surface area contributed by atoms with Crippen molar-refractivity contribution in [3.05, 3.63) is 11.6 Å². The molecule has 7 nitrogen and oxygen atoms in total. The average Bonchev–Trinajstić information content (AvgIpc) is 3.29. The Hall–Kier alpha value is -0.990. The van der Waals surface area contributed by atoms with Gasteiger partial charge in [-0.3, -0.25) is 4.79 Å². The standard InChI is InChI=1S/C34H56O7/c1-20(2)7-6-8-21(3)26-11-12-27-25-10-9-23-17-24(13-16-34(23,19-35)28(25)14-15-33(26,27)5)41-32-31(38)30(37)29(18-39-32)40-22(4)36/h9,20-21,24-32,35,37-38H,6-8,10-19H2,1-5H3/t21?,24-,25?,26?,27?,28?,29+,30?,31?,32-,33+,34+/m0/s1. The highest BCUT2D eigenvalue weighted by atomic mass is 16.7. The van der Waals surface area contributed by atoms with E-state index in [0.29, 0.717) is 17.3 Å². The molecular formula is C34H56O7. The van der Waals surface area contributed by atoms with Gasteiger partial charge in [-0.1, -0.05) is 58.6 Å². The average molecular weight is 577 g/mol. The van der Waals surface area contributed by atoms with Crippen molar-refractivity contribution in [2.24, 2.45) is 46.3 Å². The number of carbonyl (C=O) groups excluding carboxylic acids is 1. The largest absolute Gasteiger partial charge is 0.457 e. The van der Waals surface area contributed by atoms with E-state index >= 15 is 0 Å². The van der Waals surface area contributed by atoms with Crippen LogP contribution in [0.15, 0.2) is 11.6 Å². The van der Waals surface area contributed by atoms with Gasteiger partial charge in [0.05, 0.1) is 19.3 Å². The third-order valence-electron chi connectivity index (χ3n) is 12.3. The van der Waals surface area contributed by atoms with Crippen molar-refractivity contribution in [3.63, 3.8) is 0 Å². The summed E-state index contributed by atoms with van der Waals surface area (Å²) >= 11 is 0. The third-order valence-corrected chi connectivity index (χ3v) is 12.3. The first-order valence-corrected chi connectivity index (χ1v) is 16.6. The molecule has 0 radical (unpaired) electrons. The van der Waals surface area contributed by atoms with Crippen LogP contribution in [0.3, 0.4) is 0 Å². The van der Waals surface area contributed by atoms with E-state index < -0.39 is 30.6 Å². The maximum atomic E-state index is 11.3. The zero-order valence-corrected chi connectivity index (χ0v) is 26.1. The highest BCUT2D eigenvalue weighted by Crippen LogP contribution is 2.67. The van der Waals surface area contributed by atoms with Crippen LogP contribution in [-0.2, 0) is 19.0 Å². The molecule has 41 heavy (non-hydrogen) atoms. The summed E-state index contributed by atoms with van der Waals surface area (Å²) in [5.74, 6) is 3.77. The molecule has 12 atom stereocenters. The predicted octanol–water partition coefficient (Wildman–Crippen LogP) is 5.40. The van der Waals surface area contributed by atoms with Gasteiger partial charge in [0.2, 0.25) is 0 Å². The van der Waals surface area contributed by atoms with E-state index in [1.165, 1.54) is 57.4 Å². The predicted molar refractivity (Wildman–Crippen MR) is 157 cm³/mol. The Labute approximate surface area is 247 Å². The second-order valence-corrected chi connectivity index (χ2v) is 15.0. The van der Waals surface area contributed by atoms with Gasteiger partial charge in [-0.25, -0.2) is 0 Å². The first-order valence-electron chi connectivity index (χ1n) is 16.6. The van der Waals surface area contributed by atoms with Crippen molar-refractivity contribution in [2.45, 2.75) is 136 Å². The number of aliphatic hydroxyl groups is 3. The molecule has 0 aromatic rings. The molecule has 1 heterocycles. The van der Waals surface area contributed by atoms with Crippen LogP contribution in [0.1, 0.15) is 105 Å². The van der Waals surface area contributed by atoms with E-state index in [1.54, 1.807) is 0 Å². The van der Waals surface area contributed by atoms with Crippen molar-refractivity contribution >= 4 is 5.97 Å². The molecule has 3 N–H and O–H groups in total. The molecule has 1 saturated heterocycles. The molecule has 0 amide bonds. The maximum Gasteiger partial charge on any atom is 0.303 e. The van der Waals surface area contributed by atoms with E-state index in [4.69, 9.17) is 14.2 Å². The first kappa shape index (κ1) is 31.4. The summed E-state index contributed by atoms with van der Waals surface area (Å²) in [4.78, 5) is 11.3. The molecule has 1 aliphatic heterocycles. The Morgan fingerprint density at radius 3 is 2.56 bits per heavy atom. The van der Waals surface area contributed by atoms with E-state index in [2.05, 4.69) is 33.8 Å². The Morgan fingerprint density at radius 2 is 1.85 bits per heavy atom. The number of aliphatic hydroxyl groups excluding tert-OH is 3. The Bertz CT molecular complexity index is 949. The highest BCUT2D eigenvalue weighted by molar-refractivity contribution is 5.66. The third kappa shape index (κ3) is 5.92. The fourth-order valence-electron chi connectivity index (χ4n) is 10.3. The summed E-state index contributed by atoms with van der Waals surface area (Å²) < 4.78 is 17.0. The minimum atomic E-state index is -1.29. The van der Waals surface area contributed by atoms with Crippen molar-refractivity contribution in [3.8, 4) is 0 Å². The fourth-order valence-corrected chi connectivity index (χ4v) is 10.3. The van der Waals surface area contributed by atoms with Crippen LogP contribution >= 0.6 is 0 Å². The molecule has 7 heteroatoms. The first-order chi connectivity index (χ1) is 19.5. The second kappa shape index (κ2) is 12.6. The maximum absolute atomic E-state index is 11.3. The van der Waals surface area contributed by atoms with E-state index in [-0.39, 0.29) is 24.7 Å². The molecule has 0 bridgehead atoms. The molecule has 0 spiro atoms.